The van der Waals surface area contributed by atoms with Crippen LogP contribution in [0.1, 0.15) is 29.5 Å². The van der Waals surface area contributed by atoms with Crippen LogP contribution in [0.15, 0.2) is 24.3 Å². The van der Waals surface area contributed by atoms with Crippen molar-refractivity contribution >= 4 is 22.2 Å². The molecule has 1 aromatic carbocycles. The second-order valence-corrected chi connectivity index (χ2v) is 6.05. The van der Waals surface area contributed by atoms with E-state index in [1.165, 1.54) is 21.8 Å². The fourth-order valence-corrected chi connectivity index (χ4v) is 3.38. The lowest BCUT2D eigenvalue weighted by molar-refractivity contribution is 0.798. The van der Waals surface area contributed by atoms with E-state index in [1.54, 1.807) is 11.3 Å². The Bertz CT molecular complexity index is 539. The molecule has 0 atom stereocenters. The van der Waals surface area contributed by atoms with Crippen molar-refractivity contribution in [3.8, 4) is 0 Å². The van der Waals surface area contributed by atoms with Crippen molar-refractivity contribution in [1.29, 1.82) is 0 Å². The number of hydrogen-bond acceptors (Lipinski definition) is 4. The van der Waals surface area contributed by atoms with Crippen LogP contribution in [0.3, 0.4) is 0 Å². The van der Waals surface area contributed by atoms with E-state index in [0.717, 1.165) is 24.5 Å². The molecule has 0 aliphatic carbocycles. The van der Waals surface area contributed by atoms with Gasteiger partial charge >= 0.3 is 0 Å². The van der Waals surface area contributed by atoms with E-state index in [2.05, 4.69) is 55.4 Å². The van der Waals surface area contributed by atoms with Gasteiger partial charge in [-0.05, 0) is 32.0 Å². The molecule has 20 heavy (non-hydrogen) atoms. The van der Waals surface area contributed by atoms with Gasteiger partial charge in [-0.15, -0.1) is 0 Å². The maximum Gasteiger partial charge on any atom is 0.190 e. The molecule has 0 aliphatic heterocycles. The highest BCUT2D eigenvalue weighted by atomic mass is 32.1. The summed E-state index contributed by atoms with van der Waals surface area (Å²) in [5.74, 6) is 0. The molecule has 4 heteroatoms. The summed E-state index contributed by atoms with van der Waals surface area (Å²) in [5.41, 5.74) is 3.74. The van der Waals surface area contributed by atoms with Crippen molar-refractivity contribution in [2.24, 2.45) is 0 Å². The minimum atomic E-state index is 0.897. The lowest BCUT2D eigenvalue weighted by Crippen LogP contribution is -2.10. The van der Waals surface area contributed by atoms with Gasteiger partial charge in [-0.2, -0.15) is 0 Å². The van der Waals surface area contributed by atoms with Gasteiger partial charge in [-0.3, -0.25) is 0 Å². The average Bonchev–Trinajstić information content (AvgIpc) is 2.83. The number of nitrogens with zero attached hydrogens (tertiary/aromatic N) is 2. The number of nitrogens with one attached hydrogen (secondary N) is 1. The van der Waals surface area contributed by atoms with Crippen molar-refractivity contribution in [2.75, 3.05) is 19.0 Å². The molecular formula is C16H23N3S. The quantitative estimate of drug-likeness (QED) is 0.874. The van der Waals surface area contributed by atoms with Crippen molar-refractivity contribution < 1.29 is 0 Å². The number of anilines is 2. The molecule has 0 aliphatic rings. The van der Waals surface area contributed by atoms with Crippen LogP contribution in [-0.4, -0.2) is 19.1 Å². The van der Waals surface area contributed by atoms with Gasteiger partial charge in [-0.25, -0.2) is 4.98 Å². The SMILES string of the molecule is CCCc1nc(N(C)c2ccccc2C)sc1CNC. The van der Waals surface area contributed by atoms with E-state index < -0.39 is 0 Å². The fourth-order valence-electron chi connectivity index (χ4n) is 2.29. The first-order valence-electron chi connectivity index (χ1n) is 7.10. The van der Waals surface area contributed by atoms with Crippen LogP contribution in [0, 0.1) is 6.92 Å². The summed E-state index contributed by atoms with van der Waals surface area (Å²) in [6.07, 6.45) is 2.18. The Morgan fingerprint density at radius 3 is 2.70 bits per heavy atom. The molecule has 0 saturated heterocycles. The Morgan fingerprint density at radius 2 is 2.05 bits per heavy atom. The Hall–Kier alpha value is -1.39. The van der Waals surface area contributed by atoms with Gasteiger partial charge in [0.2, 0.25) is 0 Å². The minimum Gasteiger partial charge on any atom is -0.321 e. The van der Waals surface area contributed by atoms with E-state index in [-0.39, 0.29) is 0 Å². The van der Waals surface area contributed by atoms with Crippen LogP contribution < -0.4 is 10.2 Å². The van der Waals surface area contributed by atoms with Gasteiger partial charge in [0.15, 0.2) is 5.13 Å². The topological polar surface area (TPSA) is 28.2 Å². The van der Waals surface area contributed by atoms with Crippen LogP contribution in [-0.2, 0) is 13.0 Å². The lowest BCUT2D eigenvalue weighted by Gasteiger charge is -2.18. The first-order valence-corrected chi connectivity index (χ1v) is 7.91. The first kappa shape index (κ1) is 15.0. The second-order valence-electron chi connectivity index (χ2n) is 4.99. The molecule has 2 rings (SSSR count). The minimum absolute atomic E-state index is 0.897. The monoisotopic (exact) mass is 289 g/mol. The predicted octanol–water partition coefficient (Wildman–Crippen LogP) is 3.89. The largest absolute Gasteiger partial charge is 0.321 e. The summed E-state index contributed by atoms with van der Waals surface area (Å²) in [6, 6.07) is 8.44. The Morgan fingerprint density at radius 1 is 1.30 bits per heavy atom. The highest BCUT2D eigenvalue weighted by Crippen LogP contribution is 2.32. The molecule has 2 aromatic rings. The third kappa shape index (κ3) is 3.19. The van der Waals surface area contributed by atoms with Crippen LogP contribution in [0.4, 0.5) is 10.8 Å². The fraction of sp³-hybridized carbons (Fsp3) is 0.438. The van der Waals surface area contributed by atoms with Crippen molar-refractivity contribution in [1.82, 2.24) is 10.3 Å². The highest BCUT2D eigenvalue weighted by molar-refractivity contribution is 7.15. The predicted molar refractivity (Wildman–Crippen MR) is 88.1 cm³/mol. The third-order valence-electron chi connectivity index (χ3n) is 3.35. The highest BCUT2D eigenvalue weighted by Gasteiger charge is 2.15. The molecule has 1 N–H and O–H groups in total. The maximum atomic E-state index is 4.84. The molecule has 0 amide bonds. The zero-order valence-electron chi connectivity index (χ0n) is 12.7. The van der Waals surface area contributed by atoms with Gasteiger partial charge in [0.1, 0.15) is 0 Å². The Balaban J connectivity index is 2.32. The van der Waals surface area contributed by atoms with Gasteiger partial charge in [-0.1, -0.05) is 42.9 Å². The van der Waals surface area contributed by atoms with Crippen LogP contribution >= 0.6 is 11.3 Å². The van der Waals surface area contributed by atoms with E-state index in [4.69, 9.17) is 4.98 Å². The zero-order valence-corrected chi connectivity index (χ0v) is 13.5. The molecule has 1 aromatic heterocycles. The molecule has 0 bridgehead atoms. The molecule has 108 valence electrons. The summed E-state index contributed by atoms with van der Waals surface area (Å²) in [7, 11) is 4.08. The van der Waals surface area contributed by atoms with Gasteiger partial charge < -0.3 is 10.2 Å². The molecular weight excluding hydrogens is 266 g/mol. The normalized spacial score (nSPS) is 10.8. The van der Waals surface area contributed by atoms with Crippen molar-refractivity contribution in [2.45, 2.75) is 33.2 Å². The molecule has 1 heterocycles. The number of benzene rings is 1. The summed E-state index contributed by atoms with van der Waals surface area (Å²) < 4.78 is 0. The Labute approximate surface area is 125 Å². The van der Waals surface area contributed by atoms with Crippen LogP contribution in [0.5, 0.6) is 0 Å². The first-order chi connectivity index (χ1) is 9.67. The van der Waals surface area contributed by atoms with Crippen LogP contribution in [0.2, 0.25) is 0 Å². The summed E-state index contributed by atoms with van der Waals surface area (Å²) in [6.45, 7) is 5.24. The third-order valence-corrected chi connectivity index (χ3v) is 4.53. The molecule has 0 unspecified atom stereocenters. The second kappa shape index (κ2) is 6.86. The summed E-state index contributed by atoms with van der Waals surface area (Å²) in [4.78, 5) is 8.38. The molecule has 3 nitrogen and oxygen atoms in total. The standard InChI is InChI=1S/C16H23N3S/c1-5-8-13-15(11-17-3)20-16(18-13)19(4)14-10-7-6-9-12(14)2/h6-7,9-10,17H,5,8,11H2,1-4H3. The number of hydrogen-bond donors (Lipinski definition) is 1. The molecule has 0 radical (unpaired) electrons. The molecule has 0 spiro atoms. The molecule has 0 saturated carbocycles. The van der Waals surface area contributed by atoms with E-state index >= 15 is 0 Å². The van der Waals surface area contributed by atoms with E-state index in [0.29, 0.717) is 0 Å². The number of aryl methyl sites for hydroxylation is 2. The number of thiazole rings is 1. The number of rotatable bonds is 6. The number of para-hydroxylation sites is 1. The summed E-state index contributed by atoms with van der Waals surface area (Å²) >= 11 is 1.79. The number of aromatic nitrogens is 1. The van der Waals surface area contributed by atoms with Crippen LogP contribution in [0.25, 0.3) is 0 Å². The molecule has 0 fully saturated rings. The van der Waals surface area contributed by atoms with Gasteiger partial charge in [0.25, 0.3) is 0 Å². The van der Waals surface area contributed by atoms with Crippen molar-refractivity contribution in [3.05, 3.63) is 40.4 Å². The smallest absolute Gasteiger partial charge is 0.190 e. The van der Waals surface area contributed by atoms with Gasteiger partial charge in [0, 0.05) is 24.2 Å². The van der Waals surface area contributed by atoms with Gasteiger partial charge in [0.05, 0.1) is 5.69 Å². The van der Waals surface area contributed by atoms with Crippen molar-refractivity contribution in [3.63, 3.8) is 0 Å². The maximum absolute atomic E-state index is 4.84. The van der Waals surface area contributed by atoms with E-state index in [1.807, 2.05) is 7.05 Å². The lowest BCUT2D eigenvalue weighted by atomic mass is 10.2. The Kier molecular flexibility index (Phi) is 5.15. The summed E-state index contributed by atoms with van der Waals surface area (Å²) in [5, 5.41) is 4.31. The zero-order chi connectivity index (χ0) is 14.5. The van der Waals surface area contributed by atoms with E-state index in [9.17, 15) is 0 Å². The average molecular weight is 289 g/mol.